The Morgan fingerprint density at radius 3 is 1.50 bits per heavy atom. The molecule has 1 rings (SSSR count). The fourth-order valence-corrected chi connectivity index (χ4v) is 1.03. The minimum absolute atomic E-state index is 0.161. The third kappa shape index (κ3) is 1.01. The van der Waals surface area contributed by atoms with E-state index in [1.54, 1.807) is 0 Å². The third-order valence-corrected chi connectivity index (χ3v) is 2.18. The first-order chi connectivity index (χ1) is 6.02. The molecule has 1 saturated heterocycles. The second kappa shape index (κ2) is 2.54. The molecular formula is C6H6F6O2. The zero-order valence-electron chi connectivity index (χ0n) is 7.08. The number of alkyl halides is 6. The summed E-state index contributed by atoms with van der Waals surface area (Å²) in [5.74, 6) is -5.10. The van der Waals surface area contributed by atoms with Gasteiger partial charge in [-0.05, 0) is 6.92 Å². The minimum Gasteiger partial charge on any atom is -0.364 e. The minimum atomic E-state index is -5.25. The van der Waals surface area contributed by atoms with Gasteiger partial charge < -0.3 is 4.74 Å². The highest BCUT2D eigenvalue weighted by atomic mass is 19.3. The number of rotatable bonds is 1. The molecule has 0 aromatic carbocycles. The molecule has 84 valence electrons. The van der Waals surface area contributed by atoms with E-state index in [0.717, 1.165) is 0 Å². The number of ether oxygens (including phenoxy) is 2. The largest absolute Gasteiger partial charge is 0.427 e. The quantitative estimate of drug-likeness (QED) is 0.636. The van der Waals surface area contributed by atoms with Crippen LogP contribution in [0.1, 0.15) is 6.92 Å². The second-order valence-electron chi connectivity index (χ2n) is 2.95. The summed E-state index contributed by atoms with van der Waals surface area (Å²) in [5, 5.41) is 0. The van der Waals surface area contributed by atoms with Gasteiger partial charge in [0, 0.05) is 7.11 Å². The molecule has 0 spiro atoms. The summed E-state index contributed by atoms with van der Waals surface area (Å²) in [7, 11) is 0.479. The number of hydrogen-bond donors (Lipinski definition) is 0. The van der Waals surface area contributed by atoms with Gasteiger partial charge in [0.25, 0.3) is 0 Å². The van der Waals surface area contributed by atoms with Gasteiger partial charge in [-0.25, -0.2) is 4.74 Å². The molecule has 1 aliphatic rings. The molecule has 1 unspecified atom stereocenters. The maximum absolute atomic E-state index is 12.8. The van der Waals surface area contributed by atoms with E-state index in [4.69, 9.17) is 0 Å². The predicted octanol–water partition coefficient (Wildman–Crippen LogP) is 2.24. The molecule has 0 saturated carbocycles. The van der Waals surface area contributed by atoms with Crippen LogP contribution in [0.5, 0.6) is 0 Å². The van der Waals surface area contributed by atoms with Crippen LogP contribution in [0.4, 0.5) is 26.3 Å². The van der Waals surface area contributed by atoms with Crippen LogP contribution in [-0.2, 0) is 9.47 Å². The highest BCUT2D eigenvalue weighted by molar-refractivity contribution is 5.08. The first kappa shape index (κ1) is 11.6. The fourth-order valence-electron chi connectivity index (χ4n) is 1.03. The van der Waals surface area contributed by atoms with Gasteiger partial charge in [-0.15, -0.1) is 0 Å². The summed E-state index contributed by atoms with van der Waals surface area (Å²) in [6.07, 6.45) is -10.0. The zero-order chi connectivity index (χ0) is 11.4. The smallest absolute Gasteiger partial charge is 0.364 e. The molecule has 0 aliphatic carbocycles. The highest BCUT2D eigenvalue weighted by Crippen LogP contribution is 2.59. The highest BCUT2D eigenvalue weighted by Gasteiger charge is 2.86. The van der Waals surface area contributed by atoms with Crippen LogP contribution in [0.15, 0.2) is 0 Å². The van der Waals surface area contributed by atoms with Crippen molar-refractivity contribution in [1.82, 2.24) is 0 Å². The first-order valence-corrected chi connectivity index (χ1v) is 3.40. The standard InChI is InChI=1S/C6H6F6O2/c1-3(13-2)4(7,8)6(11,12)14-5(3,9)10/h1-2H3. The molecule has 1 heterocycles. The SMILES string of the molecule is COC1(C)C(F)(F)OC(F)(F)C1(F)F. The molecule has 14 heavy (non-hydrogen) atoms. The normalized spacial score (nSPS) is 38.6. The lowest BCUT2D eigenvalue weighted by atomic mass is 9.98. The van der Waals surface area contributed by atoms with Crippen molar-refractivity contribution >= 4 is 0 Å². The van der Waals surface area contributed by atoms with Crippen molar-refractivity contribution in [2.45, 2.75) is 30.7 Å². The van der Waals surface area contributed by atoms with E-state index >= 15 is 0 Å². The molecule has 1 atom stereocenters. The van der Waals surface area contributed by atoms with E-state index in [1.807, 2.05) is 0 Å². The van der Waals surface area contributed by atoms with Crippen LogP contribution in [0.25, 0.3) is 0 Å². The number of hydrogen-bond acceptors (Lipinski definition) is 2. The Kier molecular flexibility index (Phi) is 2.10. The molecule has 2 nitrogen and oxygen atoms in total. The van der Waals surface area contributed by atoms with Gasteiger partial charge in [0.05, 0.1) is 0 Å². The molecular weight excluding hydrogens is 218 g/mol. The van der Waals surface area contributed by atoms with E-state index < -0.39 is 23.7 Å². The fraction of sp³-hybridized carbons (Fsp3) is 1.00. The van der Waals surface area contributed by atoms with Crippen molar-refractivity contribution in [2.24, 2.45) is 0 Å². The average Bonchev–Trinajstić information content (AvgIpc) is 2.07. The van der Waals surface area contributed by atoms with Crippen molar-refractivity contribution in [3.05, 3.63) is 0 Å². The second-order valence-corrected chi connectivity index (χ2v) is 2.95. The third-order valence-electron chi connectivity index (χ3n) is 2.18. The molecule has 0 radical (unpaired) electrons. The van der Waals surface area contributed by atoms with E-state index in [-0.39, 0.29) is 6.92 Å². The molecule has 0 amide bonds. The lowest BCUT2D eigenvalue weighted by Crippen LogP contribution is -2.56. The number of methoxy groups -OCH3 is 1. The van der Waals surface area contributed by atoms with Crippen LogP contribution in [0.2, 0.25) is 0 Å². The van der Waals surface area contributed by atoms with Crippen molar-refractivity contribution < 1.29 is 35.8 Å². The van der Waals surface area contributed by atoms with E-state index in [2.05, 4.69) is 9.47 Å². The lowest BCUT2D eigenvalue weighted by Gasteiger charge is -2.30. The van der Waals surface area contributed by atoms with E-state index in [0.29, 0.717) is 7.11 Å². The molecule has 8 heteroatoms. The summed E-state index contributed by atoms with van der Waals surface area (Å²) in [5.41, 5.74) is -3.68. The van der Waals surface area contributed by atoms with Crippen molar-refractivity contribution in [3.8, 4) is 0 Å². The Balaban J connectivity index is 3.28. The summed E-state index contributed by atoms with van der Waals surface area (Å²) < 4.78 is 82.1. The summed E-state index contributed by atoms with van der Waals surface area (Å²) in [4.78, 5) is 0. The molecule has 0 aromatic rings. The van der Waals surface area contributed by atoms with Crippen LogP contribution in [0.3, 0.4) is 0 Å². The van der Waals surface area contributed by atoms with Crippen LogP contribution in [0, 0.1) is 0 Å². The van der Waals surface area contributed by atoms with Crippen molar-refractivity contribution in [3.63, 3.8) is 0 Å². The maximum atomic E-state index is 12.8. The monoisotopic (exact) mass is 224 g/mol. The molecule has 0 bridgehead atoms. The summed E-state index contributed by atoms with van der Waals surface area (Å²) in [6, 6.07) is 0. The van der Waals surface area contributed by atoms with Crippen LogP contribution in [-0.4, -0.2) is 30.9 Å². The van der Waals surface area contributed by atoms with E-state index in [1.165, 1.54) is 0 Å². The Morgan fingerprint density at radius 2 is 1.36 bits per heavy atom. The van der Waals surface area contributed by atoms with E-state index in [9.17, 15) is 26.3 Å². The van der Waals surface area contributed by atoms with Gasteiger partial charge in [-0.1, -0.05) is 0 Å². The number of halogens is 6. The molecule has 1 fully saturated rings. The lowest BCUT2D eigenvalue weighted by molar-refractivity contribution is -0.363. The van der Waals surface area contributed by atoms with Crippen molar-refractivity contribution in [2.75, 3.05) is 7.11 Å². The van der Waals surface area contributed by atoms with Gasteiger partial charge >= 0.3 is 18.1 Å². The molecule has 0 aromatic heterocycles. The summed E-state index contributed by atoms with van der Waals surface area (Å²) in [6.45, 7) is 0.161. The summed E-state index contributed by atoms with van der Waals surface area (Å²) >= 11 is 0. The molecule has 0 N–H and O–H groups in total. The van der Waals surface area contributed by atoms with Gasteiger partial charge in [0.2, 0.25) is 5.60 Å². The van der Waals surface area contributed by atoms with Crippen molar-refractivity contribution in [1.29, 1.82) is 0 Å². The Morgan fingerprint density at radius 1 is 0.929 bits per heavy atom. The predicted molar refractivity (Wildman–Crippen MR) is 31.3 cm³/mol. The van der Waals surface area contributed by atoms with Gasteiger partial charge in [0.15, 0.2) is 0 Å². The van der Waals surface area contributed by atoms with Crippen LogP contribution < -0.4 is 0 Å². The zero-order valence-corrected chi connectivity index (χ0v) is 7.08. The van der Waals surface area contributed by atoms with Gasteiger partial charge in [-0.2, -0.15) is 26.3 Å². The molecule has 1 aliphatic heterocycles. The Bertz CT molecular complexity index is 253. The topological polar surface area (TPSA) is 18.5 Å². The maximum Gasteiger partial charge on any atom is 0.427 e. The first-order valence-electron chi connectivity index (χ1n) is 3.40. The van der Waals surface area contributed by atoms with Gasteiger partial charge in [0.1, 0.15) is 0 Å². The van der Waals surface area contributed by atoms with Crippen LogP contribution >= 0.6 is 0 Å². The Labute approximate surface area is 74.8 Å². The Hall–Kier alpha value is -0.500. The van der Waals surface area contributed by atoms with Gasteiger partial charge in [-0.3, -0.25) is 0 Å². The average molecular weight is 224 g/mol.